The summed E-state index contributed by atoms with van der Waals surface area (Å²) < 4.78 is 39.9. The summed E-state index contributed by atoms with van der Waals surface area (Å²) in [6, 6.07) is 3.52. The zero-order chi connectivity index (χ0) is 15.6. The van der Waals surface area contributed by atoms with Crippen LogP contribution in [-0.4, -0.2) is 16.0 Å². The Morgan fingerprint density at radius 2 is 2.10 bits per heavy atom. The molecule has 114 valence electrons. The van der Waals surface area contributed by atoms with Gasteiger partial charge in [-0.25, -0.2) is 4.98 Å². The van der Waals surface area contributed by atoms with E-state index in [9.17, 15) is 13.2 Å². The lowest BCUT2D eigenvalue weighted by Gasteiger charge is -2.09. The van der Waals surface area contributed by atoms with E-state index < -0.39 is 11.9 Å². The zero-order valence-corrected chi connectivity index (χ0v) is 13.7. The SMILES string of the molecule is CC(C)NCc1sc(-c2ncccc2Br)nc1C(F)(F)F. The zero-order valence-electron chi connectivity index (χ0n) is 11.3. The second-order valence-corrected chi connectivity index (χ2v) is 6.60. The Bertz CT molecular complexity index is 625. The van der Waals surface area contributed by atoms with Crippen LogP contribution in [0.15, 0.2) is 22.8 Å². The maximum absolute atomic E-state index is 13.1. The molecule has 8 heteroatoms. The van der Waals surface area contributed by atoms with Crippen LogP contribution in [0, 0.1) is 0 Å². The third-order valence-electron chi connectivity index (χ3n) is 2.60. The summed E-state index contributed by atoms with van der Waals surface area (Å²) in [5.41, 5.74) is -0.419. The number of halogens is 4. The number of thiazole rings is 1. The van der Waals surface area contributed by atoms with E-state index in [-0.39, 0.29) is 22.5 Å². The van der Waals surface area contributed by atoms with E-state index in [0.29, 0.717) is 10.2 Å². The Balaban J connectivity index is 2.43. The molecule has 0 saturated carbocycles. The smallest absolute Gasteiger partial charge is 0.310 e. The Morgan fingerprint density at radius 1 is 1.38 bits per heavy atom. The van der Waals surface area contributed by atoms with Gasteiger partial charge in [0, 0.05) is 23.3 Å². The van der Waals surface area contributed by atoms with Crippen LogP contribution in [-0.2, 0) is 12.7 Å². The van der Waals surface area contributed by atoms with E-state index >= 15 is 0 Å². The van der Waals surface area contributed by atoms with Crippen LogP contribution < -0.4 is 5.32 Å². The molecule has 1 N–H and O–H groups in total. The Hall–Kier alpha value is -0.990. The number of nitrogens with zero attached hydrogens (tertiary/aromatic N) is 2. The largest absolute Gasteiger partial charge is 0.434 e. The molecule has 2 rings (SSSR count). The van der Waals surface area contributed by atoms with Crippen molar-refractivity contribution in [3.8, 4) is 10.7 Å². The first kappa shape index (κ1) is 16.4. The summed E-state index contributed by atoms with van der Waals surface area (Å²) in [5.74, 6) is 0. The Morgan fingerprint density at radius 3 is 2.67 bits per heavy atom. The maximum Gasteiger partial charge on any atom is 0.434 e. The Labute approximate surface area is 132 Å². The van der Waals surface area contributed by atoms with Crippen LogP contribution in [0.1, 0.15) is 24.4 Å². The van der Waals surface area contributed by atoms with E-state index in [4.69, 9.17) is 0 Å². The molecule has 0 saturated heterocycles. The van der Waals surface area contributed by atoms with Crippen molar-refractivity contribution < 1.29 is 13.2 Å². The lowest BCUT2D eigenvalue weighted by atomic mass is 10.3. The van der Waals surface area contributed by atoms with Crippen LogP contribution in [0.2, 0.25) is 0 Å². The van der Waals surface area contributed by atoms with Crippen LogP contribution in [0.25, 0.3) is 10.7 Å². The van der Waals surface area contributed by atoms with Gasteiger partial charge >= 0.3 is 6.18 Å². The lowest BCUT2D eigenvalue weighted by molar-refractivity contribution is -0.141. The molecule has 0 bridgehead atoms. The van der Waals surface area contributed by atoms with E-state index in [0.717, 1.165) is 11.3 Å². The average Bonchev–Trinajstić information content (AvgIpc) is 2.81. The van der Waals surface area contributed by atoms with Crippen molar-refractivity contribution in [2.75, 3.05) is 0 Å². The minimum absolute atomic E-state index is 0.0956. The van der Waals surface area contributed by atoms with Gasteiger partial charge < -0.3 is 5.32 Å². The first-order valence-electron chi connectivity index (χ1n) is 6.20. The average molecular weight is 380 g/mol. The van der Waals surface area contributed by atoms with Crippen molar-refractivity contribution >= 4 is 27.3 Å². The van der Waals surface area contributed by atoms with Crippen molar-refractivity contribution in [1.29, 1.82) is 0 Å². The molecular weight excluding hydrogens is 367 g/mol. The molecule has 0 aliphatic rings. The van der Waals surface area contributed by atoms with Gasteiger partial charge in [0.15, 0.2) is 5.69 Å². The van der Waals surface area contributed by atoms with E-state index in [1.807, 2.05) is 13.8 Å². The van der Waals surface area contributed by atoms with E-state index in [2.05, 4.69) is 31.2 Å². The highest BCUT2D eigenvalue weighted by molar-refractivity contribution is 9.10. The first-order valence-corrected chi connectivity index (χ1v) is 7.81. The molecule has 0 amide bonds. The molecule has 0 fully saturated rings. The molecule has 2 heterocycles. The third-order valence-corrected chi connectivity index (χ3v) is 4.30. The fourth-order valence-electron chi connectivity index (χ4n) is 1.63. The van der Waals surface area contributed by atoms with Crippen LogP contribution in [0.5, 0.6) is 0 Å². The molecule has 21 heavy (non-hydrogen) atoms. The summed E-state index contributed by atoms with van der Waals surface area (Å²) in [4.78, 5) is 8.02. The molecule has 2 aromatic rings. The maximum atomic E-state index is 13.1. The van der Waals surface area contributed by atoms with Gasteiger partial charge in [0.2, 0.25) is 0 Å². The molecule has 0 spiro atoms. The van der Waals surface area contributed by atoms with Gasteiger partial charge in [-0.05, 0) is 28.1 Å². The van der Waals surface area contributed by atoms with Crippen LogP contribution in [0.3, 0.4) is 0 Å². The van der Waals surface area contributed by atoms with Gasteiger partial charge in [-0.1, -0.05) is 13.8 Å². The van der Waals surface area contributed by atoms with E-state index in [1.165, 1.54) is 6.20 Å². The fraction of sp³-hybridized carbons (Fsp3) is 0.385. The molecule has 0 unspecified atom stereocenters. The molecule has 2 aromatic heterocycles. The second kappa shape index (κ2) is 6.41. The van der Waals surface area contributed by atoms with Crippen molar-refractivity contribution in [3.05, 3.63) is 33.4 Å². The Kier molecular flexibility index (Phi) is 5.00. The second-order valence-electron chi connectivity index (χ2n) is 4.66. The quantitative estimate of drug-likeness (QED) is 0.850. The number of nitrogens with one attached hydrogen (secondary N) is 1. The predicted octanol–water partition coefficient (Wildman–Crippen LogP) is 4.48. The highest BCUT2D eigenvalue weighted by Gasteiger charge is 2.37. The standard InChI is InChI=1S/C13H13BrF3N3S/c1-7(2)19-6-9-11(13(15,16)17)20-12(21-9)10-8(14)4-3-5-18-10/h3-5,7,19H,6H2,1-2H3. The highest BCUT2D eigenvalue weighted by Crippen LogP contribution is 2.38. The van der Waals surface area contributed by atoms with Gasteiger partial charge in [-0.2, -0.15) is 13.2 Å². The van der Waals surface area contributed by atoms with Gasteiger partial charge in [-0.3, -0.25) is 4.98 Å². The third kappa shape index (κ3) is 4.02. The molecule has 0 aliphatic carbocycles. The van der Waals surface area contributed by atoms with Crippen molar-refractivity contribution in [2.24, 2.45) is 0 Å². The van der Waals surface area contributed by atoms with Gasteiger partial charge in [0.05, 0.1) is 4.88 Å². The number of alkyl halides is 3. The van der Waals surface area contributed by atoms with E-state index in [1.54, 1.807) is 12.1 Å². The fourth-order valence-corrected chi connectivity index (χ4v) is 3.25. The summed E-state index contributed by atoms with van der Waals surface area (Å²) >= 11 is 4.30. The highest BCUT2D eigenvalue weighted by atomic mass is 79.9. The first-order chi connectivity index (χ1) is 9.79. The van der Waals surface area contributed by atoms with Crippen LogP contribution in [0.4, 0.5) is 13.2 Å². The minimum atomic E-state index is -4.47. The number of rotatable bonds is 4. The number of aromatic nitrogens is 2. The van der Waals surface area contributed by atoms with Crippen molar-refractivity contribution in [2.45, 2.75) is 32.6 Å². The normalized spacial score (nSPS) is 12.1. The summed E-state index contributed by atoms with van der Waals surface area (Å²) in [6.45, 7) is 3.89. The minimum Gasteiger partial charge on any atom is -0.310 e. The topological polar surface area (TPSA) is 37.8 Å². The lowest BCUT2D eigenvalue weighted by Crippen LogP contribution is -2.23. The summed E-state index contributed by atoms with van der Waals surface area (Å²) in [5, 5.41) is 3.25. The van der Waals surface area contributed by atoms with Gasteiger partial charge in [0.25, 0.3) is 0 Å². The summed E-state index contributed by atoms with van der Waals surface area (Å²) in [6.07, 6.45) is -2.94. The number of hydrogen-bond donors (Lipinski definition) is 1. The molecule has 3 nitrogen and oxygen atoms in total. The summed E-state index contributed by atoms with van der Waals surface area (Å²) in [7, 11) is 0. The monoisotopic (exact) mass is 379 g/mol. The van der Waals surface area contributed by atoms with Crippen molar-refractivity contribution in [1.82, 2.24) is 15.3 Å². The molecule has 0 radical (unpaired) electrons. The molecule has 0 atom stereocenters. The van der Waals surface area contributed by atoms with Gasteiger partial charge in [0.1, 0.15) is 10.7 Å². The van der Waals surface area contributed by atoms with Crippen LogP contribution >= 0.6 is 27.3 Å². The number of hydrogen-bond acceptors (Lipinski definition) is 4. The molecule has 0 aliphatic heterocycles. The van der Waals surface area contributed by atoms with Gasteiger partial charge in [-0.15, -0.1) is 11.3 Å². The van der Waals surface area contributed by atoms with Crippen molar-refractivity contribution in [3.63, 3.8) is 0 Å². The molecule has 0 aromatic carbocycles. The molecular formula is C13H13BrF3N3S. The number of pyridine rings is 1. The predicted molar refractivity (Wildman–Crippen MR) is 80.0 cm³/mol.